The first-order valence-electron chi connectivity index (χ1n) is 7.36. The highest BCUT2D eigenvalue weighted by atomic mass is 16.3. The zero-order valence-electron chi connectivity index (χ0n) is 12.2. The maximum absolute atomic E-state index is 10.6. The highest BCUT2D eigenvalue weighted by Crippen LogP contribution is 2.29. The van der Waals surface area contributed by atoms with E-state index in [1.807, 2.05) is 0 Å². The Morgan fingerprint density at radius 2 is 1.41 bits per heavy atom. The molecule has 0 aromatic rings. The molecule has 1 fully saturated rings. The molecule has 0 radical (unpaired) electrons. The van der Waals surface area contributed by atoms with Gasteiger partial charge in [-0.2, -0.15) is 0 Å². The van der Waals surface area contributed by atoms with Gasteiger partial charge in [-0.1, -0.05) is 47.0 Å². The minimum atomic E-state index is -0.401. The van der Waals surface area contributed by atoms with E-state index < -0.39 is 5.60 Å². The van der Waals surface area contributed by atoms with E-state index >= 15 is 0 Å². The van der Waals surface area contributed by atoms with Crippen LogP contribution in [0.25, 0.3) is 0 Å². The minimum Gasteiger partial charge on any atom is -0.389 e. The van der Waals surface area contributed by atoms with Crippen molar-refractivity contribution in [3.63, 3.8) is 0 Å². The molecule has 2 heteroatoms. The molecule has 0 unspecified atom stereocenters. The van der Waals surface area contributed by atoms with E-state index in [2.05, 4.69) is 32.6 Å². The van der Waals surface area contributed by atoms with Crippen molar-refractivity contribution >= 4 is 0 Å². The number of hydrogen-bond acceptors (Lipinski definition) is 2. The summed E-state index contributed by atoms with van der Waals surface area (Å²) >= 11 is 0. The van der Waals surface area contributed by atoms with Gasteiger partial charge in [0.1, 0.15) is 0 Å². The summed E-state index contributed by atoms with van der Waals surface area (Å²) in [5.74, 6) is 1.36. The van der Waals surface area contributed by atoms with Crippen molar-refractivity contribution in [2.75, 3.05) is 19.6 Å². The molecule has 1 aliphatic carbocycles. The molecule has 1 rings (SSSR count). The van der Waals surface area contributed by atoms with E-state index in [0.717, 1.165) is 32.5 Å². The molecule has 0 atom stereocenters. The summed E-state index contributed by atoms with van der Waals surface area (Å²) in [5, 5.41) is 10.6. The van der Waals surface area contributed by atoms with Gasteiger partial charge in [-0.25, -0.2) is 0 Å². The summed E-state index contributed by atoms with van der Waals surface area (Å²) in [7, 11) is 0. The Balaban J connectivity index is 2.50. The SMILES string of the molecule is CC(C)CN(CC(C)C)CC1(O)CCCCC1. The molecule has 17 heavy (non-hydrogen) atoms. The molecule has 1 saturated carbocycles. The number of hydrogen-bond donors (Lipinski definition) is 1. The average molecular weight is 241 g/mol. The van der Waals surface area contributed by atoms with Crippen LogP contribution in [0.4, 0.5) is 0 Å². The van der Waals surface area contributed by atoms with Gasteiger partial charge in [-0.3, -0.25) is 4.90 Å². The highest BCUT2D eigenvalue weighted by Gasteiger charge is 2.31. The third-order valence-electron chi connectivity index (χ3n) is 3.55. The fraction of sp³-hybridized carbons (Fsp3) is 1.00. The molecule has 0 aromatic heterocycles. The molecular weight excluding hydrogens is 210 g/mol. The maximum atomic E-state index is 10.6. The summed E-state index contributed by atoms with van der Waals surface area (Å²) in [6.07, 6.45) is 5.71. The van der Waals surface area contributed by atoms with Crippen LogP contribution < -0.4 is 0 Å². The Morgan fingerprint density at radius 3 is 1.82 bits per heavy atom. The average Bonchev–Trinajstić information content (AvgIpc) is 2.15. The fourth-order valence-corrected chi connectivity index (χ4v) is 3.02. The third-order valence-corrected chi connectivity index (χ3v) is 3.55. The van der Waals surface area contributed by atoms with Crippen LogP contribution in [-0.4, -0.2) is 35.2 Å². The minimum absolute atomic E-state index is 0.401. The van der Waals surface area contributed by atoms with Gasteiger partial charge >= 0.3 is 0 Å². The van der Waals surface area contributed by atoms with E-state index in [0.29, 0.717) is 11.8 Å². The molecule has 2 nitrogen and oxygen atoms in total. The van der Waals surface area contributed by atoms with Crippen molar-refractivity contribution in [2.24, 2.45) is 11.8 Å². The molecule has 1 N–H and O–H groups in total. The lowest BCUT2D eigenvalue weighted by Crippen LogP contribution is -2.46. The van der Waals surface area contributed by atoms with Crippen LogP contribution in [0.1, 0.15) is 59.8 Å². The van der Waals surface area contributed by atoms with Crippen LogP contribution in [0.5, 0.6) is 0 Å². The molecule has 0 saturated heterocycles. The molecule has 102 valence electrons. The van der Waals surface area contributed by atoms with Gasteiger partial charge < -0.3 is 5.11 Å². The molecule has 1 aliphatic rings. The van der Waals surface area contributed by atoms with Crippen LogP contribution in [0.3, 0.4) is 0 Å². The molecule has 0 heterocycles. The Morgan fingerprint density at radius 1 is 0.941 bits per heavy atom. The standard InChI is InChI=1S/C15H31NO/c1-13(2)10-16(11-14(3)4)12-15(17)8-6-5-7-9-15/h13-14,17H,5-12H2,1-4H3. The van der Waals surface area contributed by atoms with Gasteiger partial charge in [0, 0.05) is 19.6 Å². The van der Waals surface area contributed by atoms with Crippen LogP contribution >= 0.6 is 0 Å². The number of nitrogens with zero attached hydrogens (tertiary/aromatic N) is 1. The first-order valence-corrected chi connectivity index (χ1v) is 7.36. The van der Waals surface area contributed by atoms with Crippen molar-refractivity contribution in [3.8, 4) is 0 Å². The lowest BCUT2D eigenvalue weighted by atomic mass is 9.84. The lowest BCUT2D eigenvalue weighted by Gasteiger charge is -2.38. The van der Waals surface area contributed by atoms with Gasteiger partial charge in [0.25, 0.3) is 0 Å². The topological polar surface area (TPSA) is 23.5 Å². The van der Waals surface area contributed by atoms with Crippen molar-refractivity contribution in [1.29, 1.82) is 0 Å². The number of aliphatic hydroxyl groups is 1. The molecule has 0 bridgehead atoms. The van der Waals surface area contributed by atoms with Gasteiger partial charge in [0.2, 0.25) is 0 Å². The normalized spacial score (nSPS) is 20.5. The molecule has 0 amide bonds. The number of rotatable bonds is 6. The smallest absolute Gasteiger partial charge is 0.0774 e. The van der Waals surface area contributed by atoms with Crippen molar-refractivity contribution in [3.05, 3.63) is 0 Å². The summed E-state index contributed by atoms with van der Waals surface area (Å²) in [6, 6.07) is 0. The van der Waals surface area contributed by atoms with Crippen LogP contribution in [0.2, 0.25) is 0 Å². The second kappa shape index (κ2) is 6.75. The Labute approximate surface area is 107 Å². The second-order valence-electron chi connectivity index (χ2n) is 6.77. The first-order chi connectivity index (χ1) is 7.91. The summed E-state index contributed by atoms with van der Waals surface area (Å²) in [5.41, 5.74) is -0.401. The van der Waals surface area contributed by atoms with Crippen LogP contribution in [-0.2, 0) is 0 Å². The van der Waals surface area contributed by atoms with Crippen LogP contribution in [0.15, 0.2) is 0 Å². The van der Waals surface area contributed by atoms with Gasteiger partial charge in [0.05, 0.1) is 5.60 Å². The van der Waals surface area contributed by atoms with E-state index in [-0.39, 0.29) is 0 Å². The second-order valence-corrected chi connectivity index (χ2v) is 6.77. The predicted octanol–water partition coefficient (Wildman–Crippen LogP) is 3.30. The zero-order valence-corrected chi connectivity index (χ0v) is 12.2. The zero-order chi connectivity index (χ0) is 12.9. The fourth-order valence-electron chi connectivity index (χ4n) is 3.02. The highest BCUT2D eigenvalue weighted by molar-refractivity contribution is 4.86. The maximum Gasteiger partial charge on any atom is 0.0774 e. The Hall–Kier alpha value is -0.0800. The molecule has 0 aliphatic heterocycles. The van der Waals surface area contributed by atoms with Gasteiger partial charge in [0.15, 0.2) is 0 Å². The van der Waals surface area contributed by atoms with Gasteiger partial charge in [-0.05, 0) is 24.7 Å². The van der Waals surface area contributed by atoms with E-state index in [1.54, 1.807) is 0 Å². The summed E-state index contributed by atoms with van der Waals surface area (Å²) < 4.78 is 0. The summed E-state index contributed by atoms with van der Waals surface area (Å²) in [4.78, 5) is 2.47. The van der Waals surface area contributed by atoms with Gasteiger partial charge in [-0.15, -0.1) is 0 Å². The lowest BCUT2D eigenvalue weighted by molar-refractivity contribution is -0.0304. The predicted molar refractivity (Wildman–Crippen MR) is 74.2 cm³/mol. The largest absolute Gasteiger partial charge is 0.389 e. The Bertz CT molecular complexity index is 197. The molecule has 0 spiro atoms. The third kappa shape index (κ3) is 5.87. The van der Waals surface area contributed by atoms with Crippen molar-refractivity contribution in [2.45, 2.75) is 65.4 Å². The summed E-state index contributed by atoms with van der Waals surface area (Å²) in [6.45, 7) is 12.2. The van der Waals surface area contributed by atoms with Crippen molar-refractivity contribution < 1.29 is 5.11 Å². The monoisotopic (exact) mass is 241 g/mol. The van der Waals surface area contributed by atoms with Crippen LogP contribution in [0, 0.1) is 11.8 Å². The van der Waals surface area contributed by atoms with E-state index in [1.165, 1.54) is 19.3 Å². The van der Waals surface area contributed by atoms with Crippen molar-refractivity contribution in [1.82, 2.24) is 4.90 Å². The quantitative estimate of drug-likeness (QED) is 0.771. The molecular formula is C15H31NO. The first kappa shape index (κ1) is 15.0. The van der Waals surface area contributed by atoms with E-state index in [4.69, 9.17) is 0 Å². The van der Waals surface area contributed by atoms with E-state index in [9.17, 15) is 5.11 Å². The molecule has 0 aromatic carbocycles. The Kier molecular flexibility index (Phi) is 5.94.